The molecule has 0 atom stereocenters. The summed E-state index contributed by atoms with van der Waals surface area (Å²) < 4.78 is 2.07. The molecule has 39 heavy (non-hydrogen) atoms. The van der Waals surface area contributed by atoms with Crippen molar-refractivity contribution in [2.75, 3.05) is 4.90 Å². The van der Waals surface area contributed by atoms with Crippen molar-refractivity contribution in [2.45, 2.75) is 0 Å². The van der Waals surface area contributed by atoms with Crippen LogP contribution in [0.3, 0.4) is 0 Å². The van der Waals surface area contributed by atoms with E-state index in [1.165, 1.54) is 0 Å². The Morgan fingerprint density at radius 2 is 1.62 bits per heavy atom. The molecule has 0 spiro atoms. The number of hydrogen-bond donors (Lipinski definition) is 0. The zero-order valence-corrected chi connectivity index (χ0v) is 22.9. The fraction of sp³-hybridized carbons (Fsp3) is 0. The van der Waals surface area contributed by atoms with Crippen molar-refractivity contribution in [3.05, 3.63) is 146 Å². The van der Waals surface area contributed by atoms with E-state index in [0.29, 0.717) is 27.3 Å². The Hall–Kier alpha value is -4.64. The van der Waals surface area contributed by atoms with Crippen LogP contribution in [0, 0.1) is 17.9 Å². The number of fused-ring (bicyclic) bond motifs is 2. The van der Waals surface area contributed by atoms with Crippen LogP contribution in [0.25, 0.3) is 27.3 Å². The van der Waals surface area contributed by atoms with Crippen molar-refractivity contribution in [1.82, 2.24) is 0 Å². The molecule has 1 aliphatic carbocycles. The standard InChI is InChI=1S/C33H18ClN3OSe/c1-36-29(20-35)32-26-10-4-5-11-27(26)33(38)28(32)19-24-17-18-31(39-24)37(23-15-13-22(34)14-16-23)30-12-6-8-21-7-2-3-9-25(21)30/h2-19H/b28-19-,32-29-. The molecule has 0 amide bonds. The first-order valence-electron chi connectivity index (χ1n) is 12.1. The van der Waals surface area contributed by atoms with Gasteiger partial charge in [-0.15, -0.1) is 0 Å². The molecule has 4 aromatic carbocycles. The molecule has 0 saturated heterocycles. The number of carbonyl (C=O) groups is 1. The number of nitrogens with zero attached hydrogens (tertiary/aromatic N) is 3. The average molecular weight is 587 g/mol. The molecule has 1 aromatic heterocycles. The van der Waals surface area contributed by atoms with Gasteiger partial charge >= 0.3 is 238 Å². The molecule has 6 rings (SSSR count). The molecule has 0 bridgehead atoms. The monoisotopic (exact) mass is 587 g/mol. The molecule has 0 fully saturated rings. The quantitative estimate of drug-likeness (QED) is 0.0919. The molecule has 0 unspecified atom stereocenters. The van der Waals surface area contributed by atoms with E-state index in [1.54, 1.807) is 18.2 Å². The molecule has 0 saturated carbocycles. The van der Waals surface area contributed by atoms with E-state index < -0.39 is 0 Å². The van der Waals surface area contributed by atoms with Crippen LogP contribution < -0.4 is 4.90 Å². The molecule has 6 heteroatoms. The molecule has 4 nitrogen and oxygen atoms in total. The van der Waals surface area contributed by atoms with E-state index in [9.17, 15) is 10.1 Å². The first kappa shape index (κ1) is 24.7. The first-order chi connectivity index (χ1) is 19.1. The van der Waals surface area contributed by atoms with Gasteiger partial charge in [0.25, 0.3) is 0 Å². The third-order valence-corrected chi connectivity index (χ3v) is 9.01. The molecule has 184 valence electrons. The van der Waals surface area contributed by atoms with Gasteiger partial charge < -0.3 is 0 Å². The van der Waals surface area contributed by atoms with Crippen LogP contribution in [-0.4, -0.2) is 20.3 Å². The van der Waals surface area contributed by atoms with Gasteiger partial charge in [-0.05, 0) is 0 Å². The van der Waals surface area contributed by atoms with Crippen LogP contribution >= 0.6 is 11.6 Å². The van der Waals surface area contributed by atoms with Gasteiger partial charge in [-0.25, -0.2) is 0 Å². The van der Waals surface area contributed by atoms with Gasteiger partial charge in [-0.1, -0.05) is 0 Å². The number of Topliss-reactive ketones (excluding diaryl/α,β-unsaturated/α-hetero) is 1. The average Bonchev–Trinajstić information content (AvgIpc) is 3.54. The van der Waals surface area contributed by atoms with Crippen molar-refractivity contribution in [3.8, 4) is 6.07 Å². The van der Waals surface area contributed by atoms with E-state index in [4.69, 9.17) is 18.2 Å². The molecule has 0 radical (unpaired) electrons. The summed E-state index contributed by atoms with van der Waals surface area (Å²) in [7, 11) is 0. The predicted molar refractivity (Wildman–Crippen MR) is 158 cm³/mol. The maximum atomic E-state index is 13.4. The van der Waals surface area contributed by atoms with Crippen molar-refractivity contribution in [2.24, 2.45) is 0 Å². The van der Waals surface area contributed by atoms with Crippen LogP contribution in [0.5, 0.6) is 0 Å². The summed E-state index contributed by atoms with van der Waals surface area (Å²) in [5.74, 6) is -0.161. The Kier molecular flexibility index (Phi) is 6.49. The summed E-state index contributed by atoms with van der Waals surface area (Å²) in [6.07, 6.45) is 1.85. The van der Waals surface area contributed by atoms with Crippen molar-refractivity contribution < 1.29 is 4.79 Å². The summed E-state index contributed by atoms with van der Waals surface area (Å²) >= 11 is 6.06. The number of allylic oxidation sites excluding steroid dienone is 3. The Labute approximate surface area is 236 Å². The fourth-order valence-electron chi connectivity index (χ4n) is 4.89. The van der Waals surface area contributed by atoms with Gasteiger partial charge in [0.1, 0.15) is 0 Å². The van der Waals surface area contributed by atoms with Gasteiger partial charge in [0.2, 0.25) is 0 Å². The third kappa shape index (κ3) is 4.40. The number of nitriles is 1. The number of benzene rings is 4. The minimum atomic E-state index is -0.161. The zero-order valence-electron chi connectivity index (χ0n) is 20.4. The Bertz CT molecular complexity index is 1900. The van der Waals surface area contributed by atoms with Crippen LogP contribution in [-0.2, 0) is 0 Å². The summed E-state index contributed by atoms with van der Waals surface area (Å²) in [5.41, 5.74) is 3.94. The van der Waals surface area contributed by atoms with Crippen LogP contribution in [0.2, 0.25) is 5.02 Å². The van der Waals surface area contributed by atoms with Crippen molar-refractivity contribution in [3.63, 3.8) is 0 Å². The number of hydrogen-bond acceptors (Lipinski definition) is 3. The van der Waals surface area contributed by atoms with Gasteiger partial charge in [-0.3, -0.25) is 0 Å². The summed E-state index contributed by atoms with van der Waals surface area (Å²) in [5, 5.41) is 12.6. The topological polar surface area (TPSA) is 48.5 Å². The molecule has 1 heterocycles. The number of halogens is 1. The number of anilines is 3. The molecular weight excluding hydrogens is 569 g/mol. The van der Waals surface area contributed by atoms with Crippen LogP contribution in [0.15, 0.2) is 114 Å². The molecule has 5 aromatic rings. The molecule has 0 N–H and O–H groups in total. The van der Waals surface area contributed by atoms with E-state index in [2.05, 4.69) is 46.1 Å². The van der Waals surface area contributed by atoms with Gasteiger partial charge in [0.05, 0.1) is 0 Å². The normalized spacial score (nSPS) is 14.6. The van der Waals surface area contributed by atoms with Crippen molar-refractivity contribution in [1.29, 1.82) is 5.26 Å². The summed E-state index contributed by atoms with van der Waals surface area (Å²) in [6.45, 7) is 7.54. The number of carbonyl (C=O) groups excluding carboxylic acids is 1. The van der Waals surface area contributed by atoms with E-state index in [-0.39, 0.29) is 26.0 Å². The van der Waals surface area contributed by atoms with Gasteiger partial charge in [0, 0.05) is 0 Å². The number of ketones is 1. The maximum absolute atomic E-state index is 13.4. The number of rotatable bonds is 4. The zero-order chi connectivity index (χ0) is 26.9. The Morgan fingerprint density at radius 3 is 2.38 bits per heavy atom. The first-order valence-corrected chi connectivity index (χ1v) is 14.2. The van der Waals surface area contributed by atoms with Crippen LogP contribution in [0.4, 0.5) is 15.9 Å². The second kappa shape index (κ2) is 10.3. The fourth-order valence-corrected chi connectivity index (χ4v) is 7.09. The molecule has 0 aliphatic heterocycles. The molecule has 1 aliphatic rings. The minimum absolute atomic E-state index is 0.0719. The molecular formula is C33H18ClN3OSe. The SMILES string of the molecule is [C-]#[N+]/C(C#N)=C1\C(=C\c2ccc(N(c3ccc(Cl)cc3)c3cccc4ccccc34)[se]2)C(=O)c2ccccc21. The summed E-state index contributed by atoms with van der Waals surface area (Å²) in [4.78, 5) is 19.1. The Morgan fingerprint density at radius 1 is 0.897 bits per heavy atom. The van der Waals surface area contributed by atoms with Gasteiger partial charge in [-0.2, -0.15) is 0 Å². The van der Waals surface area contributed by atoms with Crippen molar-refractivity contribution >= 4 is 70.2 Å². The van der Waals surface area contributed by atoms with Gasteiger partial charge in [0.15, 0.2) is 0 Å². The van der Waals surface area contributed by atoms with Crippen LogP contribution in [0.1, 0.15) is 20.4 Å². The van der Waals surface area contributed by atoms with E-state index >= 15 is 0 Å². The van der Waals surface area contributed by atoms with E-state index in [1.807, 2.05) is 60.7 Å². The second-order valence-corrected chi connectivity index (χ2v) is 11.6. The Balaban J connectivity index is 1.51. The second-order valence-electron chi connectivity index (χ2n) is 8.87. The predicted octanol–water partition coefficient (Wildman–Crippen LogP) is 8.45. The van der Waals surface area contributed by atoms with E-state index in [0.717, 1.165) is 31.1 Å². The summed E-state index contributed by atoms with van der Waals surface area (Å²) in [6, 6.07) is 35.6. The third-order valence-electron chi connectivity index (χ3n) is 6.62.